The summed E-state index contributed by atoms with van der Waals surface area (Å²) in [4.78, 5) is 15.0. The van der Waals surface area contributed by atoms with Crippen molar-refractivity contribution in [2.45, 2.75) is 6.92 Å². The van der Waals surface area contributed by atoms with Crippen LogP contribution in [0.25, 0.3) is 11.1 Å². The highest BCUT2D eigenvalue weighted by atomic mass is 19.1. The predicted molar refractivity (Wildman–Crippen MR) is 65.7 cm³/mol. The molecular formula is C13H11FN2O2. The van der Waals surface area contributed by atoms with Gasteiger partial charge in [0.15, 0.2) is 0 Å². The first kappa shape index (κ1) is 12.0. The van der Waals surface area contributed by atoms with Crippen LogP contribution in [-0.4, -0.2) is 16.1 Å². The fraction of sp³-hybridized carbons (Fsp3) is 0.0769. The first-order valence-electron chi connectivity index (χ1n) is 5.24. The molecule has 1 aromatic heterocycles. The number of carboxylic acid groups (broad SMARTS) is 1. The third kappa shape index (κ3) is 2.15. The van der Waals surface area contributed by atoms with E-state index in [1.54, 1.807) is 13.0 Å². The molecule has 0 fully saturated rings. The molecule has 2 aromatic rings. The molecule has 0 aliphatic heterocycles. The van der Waals surface area contributed by atoms with Crippen LogP contribution in [-0.2, 0) is 0 Å². The number of aromatic nitrogens is 1. The largest absolute Gasteiger partial charge is 0.478 e. The van der Waals surface area contributed by atoms with E-state index in [0.717, 1.165) is 0 Å². The van der Waals surface area contributed by atoms with E-state index in [2.05, 4.69) is 4.98 Å². The molecule has 0 radical (unpaired) electrons. The van der Waals surface area contributed by atoms with Crippen LogP contribution in [0, 0.1) is 12.7 Å². The number of pyridine rings is 1. The van der Waals surface area contributed by atoms with Crippen molar-refractivity contribution in [2.75, 3.05) is 5.73 Å². The first-order valence-corrected chi connectivity index (χ1v) is 5.24. The van der Waals surface area contributed by atoms with Gasteiger partial charge in [-0.25, -0.2) is 14.2 Å². The Morgan fingerprint density at radius 3 is 2.72 bits per heavy atom. The van der Waals surface area contributed by atoms with Gasteiger partial charge in [0.1, 0.15) is 11.6 Å². The molecule has 3 N–H and O–H groups in total. The third-order valence-electron chi connectivity index (χ3n) is 2.62. The number of hydrogen-bond acceptors (Lipinski definition) is 3. The Hall–Kier alpha value is -2.43. The van der Waals surface area contributed by atoms with Crippen LogP contribution >= 0.6 is 0 Å². The second-order valence-electron chi connectivity index (χ2n) is 3.92. The normalized spacial score (nSPS) is 10.3. The van der Waals surface area contributed by atoms with Crippen LogP contribution < -0.4 is 5.73 Å². The molecule has 0 aliphatic rings. The Morgan fingerprint density at radius 2 is 2.11 bits per heavy atom. The quantitative estimate of drug-likeness (QED) is 0.853. The molecule has 92 valence electrons. The Bertz CT molecular complexity index is 626. The van der Waals surface area contributed by atoms with Crippen LogP contribution in [0.4, 0.5) is 10.2 Å². The van der Waals surface area contributed by atoms with E-state index in [1.165, 1.54) is 24.4 Å². The van der Waals surface area contributed by atoms with Gasteiger partial charge in [-0.3, -0.25) is 0 Å². The number of anilines is 1. The number of hydrogen-bond donors (Lipinski definition) is 2. The molecule has 0 saturated carbocycles. The summed E-state index contributed by atoms with van der Waals surface area (Å²) < 4.78 is 13.2. The van der Waals surface area contributed by atoms with E-state index in [-0.39, 0.29) is 17.2 Å². The van der Waals surface area contributed by atoms with Crippen molar-refractivity contribution in [3.8, 4) is 11.1 Å². The number of halogens is 1. The SMILES string of the molecule is Cc1cc(-c2cnc(N)cc2C(=O)O)ccc1F. The fourth-order valence-corrected chi connectivity index (χ4v) is 1.69. The molecule has 2 rings (SSSR count). The Balaban J connectivity index is 2.63. The summed E-state index contributed by atoms with van der Waals surface area (Å²) in [6.07, 6.45) is 1.38. The maximum atomic E-state index is 13.2. The Morgan fingerprint density at radius 1 is 1.39 bits per heavy atom. The highest BCUT2D eigenvalue weighted by Gasteiger charge is 2.13. The number of benzene rings is 1. The van der Waals surface area contributed by atoms with Crippen molar-refractivity contribution < 1.29 is 14.3 Å². The van der Waals surface area contributed by atoms with Gasteiger partial charge in [-0.05, 0) is 36.2 Å². The Kier molecular flexibility index (Phi) is 2.97. The molecule has 0 bridgehead atoms. The maximum absolute atomic E-state index is 13.2. The number of nitrogen functional groups attached to an aromatic ring is 1. The van der Waals surface area contributed by atoms with Gasteiger partial charge in [-0.2, -0.15) is 0 Å². The predicted octanol–water partition coefficient (Wildman–Crippen LogP) is 2.48. The molecule has 0 saturated heterocycles. The lowest BCUT2D eigenvalue weighted by molar-refractivity contribution is 0.0697. The summed E-state index contributed by atoms with van der Waals surface area (Å²) in [5.74, 6) is -1.30. The summed E-state index contributed by atoms with van der Waals surface area (Å²) in [6.45, 7) is 1.62. The zero-order valence-electron chi connectivity index (χ0n) is 9.64. The number of carbonyl (C=O) groups is 1. The van der Waals surface area contributed by atoms with Gasteiger partial charge in [0, 0.05) is 11.8 Å². The number of carboxylic acids is 1. The molecule has 0 amide bonds. The summed E-state index contributed by atoms with van der Waals surface area (Å²) in [7, 11) is 0. The summed E-state index contributed by atoms with van der Waals surface area (Å²) in [5, 5.41) is 9.12. The highest BCUT2D eigenvalue weighted by Crippen LogP contribution is 2.26. The zero-order chi connectivity index (χ0) is 13.3. The standard InChI is InChI=1S/C13H11FN2O2/c1-7-4-8(2-3-11(7)14)10-6-16-12(15)5-9(10)13(17)18/h2-6H,1H3,(H2,15,16)(H,17,18). The van der Waals surface area contributed by atoms with Crippen LogP contribution in [0.2, 0.25) is 0 Å². The lowest BCUT2D eigenvalue weighted by atomic mass is 10.00. The van der Waals surface area contributed by atoms with Gasteiger partial charge < -0.3 is 10.8 Å². The third-order valence-corrected chi connectivity index (χ3v) is 2.62. The van der Waals surface area contributed by atoms with E-state index in [4.69, 9.17) is 10.8 Å². The van der Waals surface area contributed by atoms with Crippen LogP contribution in [0.1, 0.15) is 15.9 Å². The second kappa shape index (κ2) is 4.44. The number of nitrogens with zero attached hydrogens (tertiary/aromatic N) is 1. The smallest absolute Gasteiger partial charge is 0.336 e. The van der Waals surface area contributed by atoms with Crippen LogP contribution in [0.5, 0.6) is 0 Å². The molecule has 0 aliphatic carbocycles. The van der Waals surface area contributed by atoms with Crippen molar-refractivity contribution in [2.24, 2.45) is 0 Å². The summed E-state index contributed by atoms with van der Waals surface area (Å²) in [5.41, 5.74) is 6.97. The molecule has 1 heterocycles. The minimum atomic E-state index is -1.10. The first-order chi connectivity index (χ1) is 8.49. The number of rotatable bonds is 2. The van der Waals surface area contributed by atoms with Gasteiger partial charge in [0.2, 0.25) is 0 Å². The monoisotopic (exact) mass is 246 g/mol. The molecule has 4 nitrogen and oxygen atoms in total. The fourth-order valence-electron chi connectivity index (χ4n) is 1.69. The Labute approximate surface area is 103 Å². The average molecular weight is 246 g/mol. The molecule has 5 heteroatoms. The van der Waals surface area contributed by atoms with Gasteiger partial charge in [0.25, 0.3) is 0 Å². The minimum Gasteiger partial charge on any atom is -0.478 e. The van der Waals surface area contributed by atoms with Crippen molar-refractivity contribution in [1.29, 1.82) is 0 Å². The van der Waals surface area contributed by atoms with Gasteiger partial charge >= 0.3 is 5.97 Å². The minimum absolute atomic E-state index is 0.0495. The lowest BCUT2D eigenvalue weighted by Crippen LogP contribution is -2.03. The average Bonchev–Trinajstić information content (AvgIpc) is 2.32. The van der Waals surface area contributed by atoms with Crippen LogP contribution in [0.3, 0.4) is 0 Å². The van der Waals surface area contributed by atoms with Gasteiger partial charge in [0.05, 0.1) is 5.56 Å². The van der Waals surface area contributed by atoms with Crippen molar-refractivity contribution >= 4 is 11.8 Å². The molecular weight excluding hydrogens is 235 g/mol. The van der Waals surface area contributed by atoms with E-state index in [9.17, 15) is 9.18 Å². The van der Waals surface area contributed by atoms with E-state index in [0.29, 0.717) is 16.7 Å². The summed E-state index contributed by atoms with van der Waals surface area (Å²) in [6, 6.07) is 5.68. The van der Waals surface area contributed by atoms with E-state index < -0.39 is 5.97 Å². The number of aryl methyl sites for hydroxylation is 1. The summed E-state index contributed by atoms with van der Waals surface area (Å²) >= 11 is 0. The molecule has 0 spiro atoms. The van der Waals surface area contributed by atoms with Gasteiger partial charge in [-0.15, -0.1) is 0 Å². The van der Waals surface area contributed by atoms with E-state index >= 15 is 0 Å². The van der Waals surface area contributed by atoms with Crippen LogP contribution in [0.15, 0.2) is 30.5 Å². The van der Waals surface area contributed by atoms with E-state index in [1.807, 2.05) is 0 Å². The zero-order valence-corrected chi connectivity index (χ0v) is 9.64. The topological polar surface area (TPSA) is 76.2 Å². The molecule has 1 aromatic carbocycles. The molecule has 0 unspecified atom stereocenters. The second-order valence-corrected chi connectivity index (χ2v) is 3.92. The molecule has 0 atom stereocenters. The molecule has 18 heavy (non-hydrogen) atoms. The van der Waals surface area contributed by atoms with Gasteiger partial charge in [-0.1, -0.05) is 6.07 Å². The lowest BCUT2D eigenvalue weighted by Gasteiger charge is -2.08. The number of nitrogens with two attached hydrogens (primary N) is 1. The number of aromatic carboxylic acids is 1. The maximum Gasteiger partial charge on any atom is 0.336 e. The van der Waals surface area contributed by atoms with Crippen molar-refractivity contribution in [1.82, 2.24) is 4.98 Å². The highest BCUT2D eigenvalue weighted by molar-refractivity contribution is 5.96. The van der Waals surface area contributed by atoms with Crippen molar-refractivity contribution in [3.05, 3.63) is 47.4 Å². The van der Waals surface area contributed by atoms with Crippen molar-refractivity contribution in [3.63, 3.8) is 0 Å².